The van der Waals surface area contributed by atoms with Crippen molar-refractivity contribution in [1.82, 2.24) is 0 Å². The summed E-state index contributed by atoms with van der Waals surface area (Å²) in [7, 11) is 3.53. The Hall–Kier alpha value is -0.570. The highest BCUT2D eigenvalue weighted by Gasteiger charge is 2.10. The molecule has 0 saturated heterocycles. The number of esters is 1. The third-order valence-electron chi connectivity index (χ3n) is 1.58. The number of rotatable bonds is 5. The number of hydrogen-bond donors (Lipinski definition) is 1. The molecule has 3 heteroatoms. The van der Waals surface area contributed by atoms with Crippen molar-refractivity contribution in [3.8, 4) is 0 Å². The third-order valence-corrected chi connectivity index (χ3v) is 1.58. The lowest BCUT2D eigenvalue weighted by Crippen LogP contribution is -2.78. The molecule has 3 nitrogen and oxygen atoms in total. The van der Waals surface area contributed by atoms with Gasteiger partial charge in [-0.2, -0.15) is 7.05 Å². The first-order chi connectivity index (χ1) is 5.22. The van der Waals surface area contributed by atoms with E-state index < -0.39 is 0 Å². The molecule has 1 unspecified atom stereocenters. The summed E-state index contributed by atoms with van der Waals surface area (Å²) in [6.45, 7) is 5.05. The zero-order chi connectivity index (χ0) is 8.69. The van der Waals surface area contributed by atoms with Gasteiger partial charge in [0.2, 0.25) is 0 Å². The summed E-state index contributed by atoms with van der Waals surface area (Å²) in [6.07, 6.45) is 0.840. The van der Waals surface area contributed by atoms with Crippen LogP contribution in [-0.4, -0.2) is 19.1 Å². The summed E-state index contributed by atoms with van der Waals surface area (Å²) < 4.78 is 4.92. The minimum Gasteiger partial charge on any atom is -0.476 e. The van der Waals surface area contributed by atoms with E-state index >= 15 is 0 Å². The highest BCUT2D eigenvalue weighted by molar-refractivity contribution is 5.71. The van der Waals surface area contributed by atoms with E-state index in [2.05, 4.69) is 7.05 Å². The van der Waals surface area contributed by atoms with Gasteiger partial charge in [0.1, 0.15) is 6.61 Å². The molecule has 0 aromatic carbocycles. The van der Waals surface area contributed by atoms with Gasteiger partial charge in [-0.25, -0.2) is 0 Å². The number of ether oxygens (including phenoxy) is 1. The lowest BCUT2D eigenvalue weighted by molar-refractivity contribution is -0.596. The molecule has 0 amide bonds. The first-order valence-corrected chi connectivity index (χ1v) is 3.99. The van der Waals surface area contributed by atoms with Crippen molar-refractivity contribution in [2.45, 2.75) is 20.3 Å². The maximum Gasteiger partial charge on any atom is 0.308 e. The molecule has 11 heavy (non-hydrogen) atoms. The van der Waals surface area contributed by atoms with Crippen LogP contribution in [0.1, 0.15) is 20.3 Å². The molecular formula is C8H17NO2. The van der Waals surface area contributed by atoms with E-state index in [-0.39, 0.29) is 11.9 Å². The minimum atomic E-state index is -0.102. The summed E-state index contributed by atoms with van der Waals surface area (Å²) in [4.78, 5) is 11.0. The van der Waals surface area contributed by atoms with Crippen LogP contribution in [0.15, 0.2) is 0 Å². The molecule has 0 aromatic rings. The van der Waals surface area contributed by atoms with Crippen LogP contribution in [0.5, 0.6) is 0 Å². The standard InChI is InChI=1S/C8H17NO2/c1-4-7(2)8(10)11-6-5-9-3/h7H,3-6,9H2,1-2H3. The lowest BCUT2D eigenvalue weighted by Gasteiger charge is -2.08. The Morgan fingerprint density at radius 2 is 2.36 bits per heavy atom. The van der Waals surface area contributed by atoms with Crippen LogP contribution in [0, 0.1) is 13.0 Å². The van der Waals surface area contributed by atoms with E-state index in [1.165, 1.54) is 0 Å². The summed E-state index contributed by atoms with van der Waals surface area (Å²) in [5.41, 5.74) is 0. The Morgan fingerprint density at radius 3 is 2.82 bits per heavy atom. The van der Waals surface area contributed by atoms with Gasteiger partial charge in [0.25, 0.3) is 0 Å². The van der Waals surface area contributed by atoms with E-state index in [0.29, 0.717) is 6.61 Å². The Bertz CT molecular complexity index is 115. The maximum absolute atomic E-state index is 11.0. The highest BCUT2D eigenvalue weighted by atomic mass is 16.5. The molecule has 2 N–H and O–H groups in total. The van der Waals surface area contributed by atoms with Crippen LogP contribution in [0.3, 0.4) is 0 Å². The molecule has 0 heterocycles. The number of quaternary nitrogens is 1. The van der Waals surface area contributed by atoms with Gasteiger partial charge < -0.3 is 10.1 Å². The molecule has 0 radical (unpaired) electrons. The molecule has 0 aromatic heterocycles. The van der Waals surface area contributed by atoms with Gasteiger partial charge in [-0.15, -0.1) is 0 Å². The second-order valence-corrected chi connectivity index (χ2v) is 2.55. The zero-order valence-electron chi connectivity index (χ0n) is 7.30. The Kier molecular flexibility index (Phi) is 5.84. The number of nitrogens with two attached hydrogens (primary N) is 1. The first-order valence-electron chi connectivity index (χ1n) is 3.99. The molecule has 1 atom stereocenters. The van der Waals surface area contributed by atoms with Crippen LogP contribution >= 0.6 is 0 Å². The molecule has 66 valence electrons. The van der Waals surface area contributed by atoms with Crippen molar-refractivity contribution >= 4 is 5.97 Å². The molecule has 0 rings (SSSR count). The van der Waals surface area contributed by atoms with Crippen LogP contribution in [-0.2, 0) is 9.53 Å². The Labute approximate surface area is 68.1 Å². The second-order valence-electron chi connectivity index (χ2n) is 2.55. The largest absolute Gasteiger partial charge is 0.476 e. The molecular weight excluding hydrogens is 142 g/mol. The zero-order valence-corrected chi connectivity index (χ0v) is 7.30. The average molecular weight is 159 g/mol. The van der Waals surface area contributed by atoms with E-state index in [9.17, 15) is 4.79 Å². The summed E-state index contributed by atoms with van der Waals surface area (Å²) in [5.74, 6) is -0.0748. The Balaban J connectivity index is 3.36. The normalized spacial score (nSPS) is 12.6. The first kappa shape index (κ1) is 10.4. The number of carbonyl (C=O) groups is 1. The van der Waals surface area contributed by atoms with Gasteiger partial charge in [0.05, 0.1) is 12.5 Å². The van der Waals surface area contributed by atoms with Crippen molar-refractivity contribution in [2.24, 2.45) is 5.92 Å². The van der Waals surface area contributed by atoms with Crippen molar-refractivity contribution in [2.75, 3.05) is 13.2 Å². The second kappa shape index (κ2) is 6.16. The quantitative estimate of drug-likeness (QED) is 0.347. The Morgan fingerprint density at radius 1 is 1.73 bits per heavy atom. The predicted octanol–water partition coefficient (Wildman–Crippen LogP) is -0.0693. The monoisotopic (exact) mass is 159 g/mol. The summed E-state index contributed by atoms with van der Waals surface area (Å²) in [6, 6.07) is 0. The fourth-order valence-electron chi connectivity index (χ4n) is 0.552. The van der Waals surface area contributed by atoms with E-state index in [0.717, 1.165) is 13.0 Å². The van der Waals surface area contributed by atoms with Crippen molar-refractivity contribution in [1.29, 1.82) is 0 Å². The molecule has 0 saturated carbocycles. The molecule has 0 bridgehead atoms. The van der Waals surface area contributed by atoms with Crippen LogP contribution in [0.2, 0.25) is 0 Å². The van der Waals surface area contributed by atoms with E-state index in [4.69, 9.17) is 4.74 Å². The topological polar surface area (TPSA) is 42.9 Å². The van der Waals surface area contributed by atoms with Gasteiger partial charge in [-0.05, 0) is 6.42 Å². The number of carbonyl (C=O) groups excluding carboxylic acids is 1. The molecule has 0 fully saturated rings. The maximum atomic E-state index is 11.0. The van der Waals surface area contributed by atoms with Gasteiger partial charge in [-0.3, -0.25) is 4.79 Å². The van der Waals surface area contributed by atoms with Crippen molar-refractivity contribution in [3.63, 3.8) is 0 Å². The minimum absolute atomic E-state index is 0.0276. The van der Waals surface area contributed by atoms with Gasteiger partial charge >= 0.3 is 5.97 Å². The van der Waals surface area contributed by atoms with Gasteiger partial charge in [-0.1, -0.05) is 13.8 Å². The summed E-state index contributed by atoms with van der Waals surface area (Å²) >= 11 is 0. The van der Waals surface area contributed by atoms with Crippen LogP contribution in [0.25, 0.3) is 0 Å². The molecule has 0 aliphatic heterocycles. The molecule has 0 aliphatic carbocycles. The van der Waals surface area contributed by atoms with Crippen molar-refractivity contribution in [3.05, 3.63) is 7.05 Å². The van der Waals surface area contributed by atoms with E-state index in [1.807, 2.05) is 13.8 Å². The van der Waals surface area contributed by atoms with Crippen LogP contribution in [0.4, 0.5) is 0 Å². The van der Waals surface area contributed by atoms with Crippen LogP contribution < -0.4 is 5.32 Å². The highest BCUT2D eigenvalue weighted by Crippen LogP contribution is 2.01. The van der Waals surface area contributed by atoms with Gasteiger partial charge in [0, 0.05) is 0 Å². The molecule has 0 aliphatic rings. The smallest absolute Gasteiger partial charge is 0.308 e. The van der Waals surface area contributed by atoms with Crippen molar-refractivity contribution < 1.29 is 14.8 Å². The fraction of sp³-hybridized carbons (Fsp3) is 0.750. The predicted molar refractivity (Wildman–Crippen MR) is 42.6 cm³/mol. The number of hydrogen-bond acceptors (Lipinski definition) is 2. The summed E-state index contributed by atoms with van der Waals surface area (Å²) in [5, 5.41) is 1.74. The van der Waals surface area contributed by atoms with Gasteiger partial charge in [0.15, 0.2) is 0 Å². The molecule has 0 spiro atoms. The lowest BCUT2D eigenvalue weighted by atomic mass is 10.1. The van der Waals surface area contributed by atoms with E-state index in [1.54, 1.807) is 5.32 Å². The average Bonchev–Trinajstić information content (AvgIpc) is 2.03. The third kappa shape index (κ3) is 4.79. The SMILES string of the molecule is [CH2-][NH2+]CCOC(=O)C(C)CC. The fourth-order valence-corrected chi connectivity index (χ4v) is 0.552.